The van der Waals surface area contributed by atoms with Gasteiger partial charge in [-0.2, -0.15) is 14.6 Å². The van der Waals surface area contributed by atoms with E-state index in [1.807, 2.05) is 6.07 Å². The van der Waals surface area contributed by atoms with Crippen molar-refractivity contribution in [1.29, 1.82) is 0 Å². The Bertz CT molecular complexity index is 1400. The Labute approximate surface area is 205 Å². The van der Waals surface area contributed by atoms with Crippen molar-refractivity contribution >= 4 is 34.1 Å². The van der Waals surface area contributed by atoms with Gasteiger partial charge in [-0.15, -0.1) is 5.10 Å². The molecule has 0 spiro atoms. The van der Waals surface area contributed by atoms with Crippen LogP contribution in [0.25, 0.3) is 22.5 Å². The predicted octanol–water partition coefficient (Wildman–Crippen LogP) is 2.08. The van der Waals surface area contributed by atoms with Crippen LogP contribution in [0.3, 0.4) is 0 Å². The van der Waals surface area contributed by atoms with Gasteiger partial charge in [0.15, 0.2) is 17.1 Å². The second-order valence-corrected chi connectivity index (χ2v) is 8.52. The van der Waals surface area contributed by atoms with Gasteiger partial charge in [0.1, 0.15) is 12.6 Å². The van der Waals surface area contributed by atoms with Crippen LogP contribution >= 0.6 is 0 Å². The minimum absolute atomic E-state index is 0.0890. The zero-order chi connectivity index (χ0) is 25.2. The third-order valence-corrected chi connectivity index (χ3v) is 6.16. The summed E-state index contributed by atoms with van der Waals surface area (Å²) in [4.78, 5) is 12.9. The number of anilines is 2. The average Bonchev–Trinajstić information content (AvgIpc) is 3.49. The van der Waals surface area contributed by atoms with Gasteiger partial charge in [-0.25, -0.2) is 18.4 Å². The highest BCUT2D eigenvalue weighted by Gasteiger charge is 2.21. The lowest BCUT2D eigenvalue weighted by Crippen LogP contribution is -2.47. The molecule has 190 valence electrons. The molecule has 3 aromatic heterocycles. The number of halogens is 2. The van der Waals surface area contributed by atoms with Crippen LogP contribution in [0.5, 0.6) is 0 Å². The number of nitrogens with two attached hydrogens (primary N) is 1. The lowest BCUT2D eigenvalue weighted by molar-refractivity contribution is -0.0391. The van der Waals surface area contributed by atoms with Gasteiger partial charge >= 0.3 is 0 Å². The van der Waals surface area contributed by atoms with Crippen LogP contribution in [-0.4, -0.2) is 80.9 Å². The molecule has 2 N–H and O–H groups in total. The first-order valence-corrected chi connectivity index (χ1v) is 11.5. The fraction of sp³-hybridized carbons (Fsp3) is 0.391. The highest BCUT2D eigenvalue weighted by Crippen LogP contribution is 2.24. The standard InChI is InChI=1S/C23H27F2N9O2/c1-15(24)20-28-22-17-12-27-33(21(17)29-23(26)34(22)30-20)10-7-31-5-8-32(9-6-31)19-4-3-16(11-18(19)25)13-36-14-35-2/h3-4,11-12H,1,5-10,13-14H2,2H3,(H2,26,29). The smallest absolute Gasteiger partial charge is 0.225 e. The first-order valence-electron chi connectivity index (χ1n) is 11.5. The molecule has 36 heavy (non-hydrogen) atoms. The molecule has 1 fully saturated rings. The van der Waals surface area contributed by atoms with Crippen molar-refractivity contribution < 1.29 is 18.3 Å². The van der Waals surface area contributed by atoms with Gasteiger partial charge in [0.05, 0.1) is 30.4 Å². The quantitative estimate of drug-likeness (QED) is 0.273. The van der Waals surface area contributed by atoms with E-state index in [-0.39, 0.29) is 24.4 Å². The van der Waals surface area contributed by atoms with Gasteiger partial charge in [0.25, 0.3) is 0 Å². The molecule has 1 saturated heterocycles. The Morgan fingerprint density at radius 1 is 1.14 bits per heavy atom. The van der Waals surface area contributed by atoms with Crippen LogP contribution in [0.4, 0.5) is 20.4 Å². The maximum Gasteiger partial charge on any atom is 0.225 e. The zero-order valence-electron chi connectivity index (χ0n) is 19.9. The number of fused-ring (bicyclic) bond motifs is 3. The molecule has 4 aromatic rings. The lowest BCUT2D eigenvalue weighted by Gasteiger charge is -2.36. The lowest BCUT2D eigenvalue weighted by atomic mass is 10.1. The van der Waals surface area contributed by atoms with Crippen LogP contribution in [0.15, 0.2) is 31.0 Å². The summed E-state index contributed by atoms with van der Waals surface area (Å²) < 4.78 is 41.4. The molecule has 13 heteroatoms. The number of nitrogens with zero attached hydrogens (tertiary/aromatic N) is 8. The van der Waals surface area contributed by atoms with Crippen molar-refractivity contribution in [3.8, 4) is 0 Å². The average molecular weight is 500 g/mol. The van der Waals surface area contributed by atoms with E-state index in [4.69, 9.17) is 15.2 Å². The molecule has 5 rings (SSSR count). The minimum Gasteiger partial charge on any atom is -0.368 e. The Morgan fingerprint density at radius 3 is 2.67 bits per heavy atom. The number of hydrogen-bond donors (Lipinski definition) is 1. The number of aromatic nitrogens is 6. The molecule has 0 atom stereocenters. The molecule has 0 saturated carbocycles. The topological polar surface area (TPSA) is 112 Å². The number of methoxy groups -OCH3 is 1. The Kier molecular flexibility index (Phi) is 6.76. The number of rotatable bonds is 9. The maximum absolute atomic E-state index is 14.7. The number of benzene rings is 1. The molecule has 0 amide bonds. The van der Waals surface area contributed by atoms with E-state index in [1.165, 1.54) is 10.6 Å². The van der Waals surface area contributed by atoms with E-state index in [1.54, 1.807) is 24.1 Å². The summed E-state index contributed by atoms with van der Waals surface area (Å²) in [6.45, 7) is 7.99. The molecule has 1 aliphatic heterocycles. The first-order chi connectivity index (χ1) is 17.4. The Morgan fingerprint density at radius 2 is 1.94 bits per heavy atom. The van der Waals surface area contributed by atoms with E-state index in [0.29, 0.717) is 48.6 Å². The van der Waals surface area contributed by atoms with Crippen LogP contribution in [0.1, 0.15) is 11.4 Å². The normalized spacial score (nSPS) is 14.8. The molecular weight excluding hydrogens is 472 g/mol. The van der Waals surface area contributed by atoms with E-state index < -0.39 is 5.83 Å². The largest absolute Gasteiger partial charge is 0.368 e. The summed E-state index contributed by atoms with van der Waals surface area (Å²) in [5.41, 5.74) is 8.31. The van der Waals surface area contributed by atoms with Crippen molar-refractivity contribution in [2.24, 2.45) is 0 Å². The first kappa shape index (κ1) is 24.0. The monoisotopic (exact) mass is 499 g/mol. The molecule has 4 heterocycles. The molecular formula is C23H27F2N9O2. The van der Waals surface area contributed by atoms with E-state index in [0.717, 1.165) is 25.2 Å². The van der Waals surface area contributed by atoms with Crippen molar-refractivity contribution in [1.82, 2.24) is 34.3 Å². The molecule has 0 bridgehead atoms. The summed E-state index contributed by atoms with van der Waals surface area (Å²) in [5.74, 6) is -1.05. The second kappa shape index (κ2) is 10.1. The van der Waals surface area contributed by atoms with Gasteiger partial charge in [-0.1, -0.05) is 12.6 Å². The highest BCUT2D eigenvalue weighted by molar-refractivity contribution is 5.90. The van der Waals surface area contributed by atoms with Gasteiger partial charge in [0.2, 0.25) is 11.8 Å². The van der Waals surface area contributed by atoms with Crippen LogP contribution in [-0.2, 0) is 22.6 Å². The predicted molar refractivity (Wildman–Crippen MR) is 130 cm³/mol. The molecule has 1 aromatic carbocycles. The van der Waals surface area contributed by atoms with Crippen LogP contribution in [0.2, 0.25) is 0 Å². The SMILES string of the molecule is C=C(F)c1nc2c3cnn(CCN4CCN(c5ccc(COCOC)cc5F)CC4)c3nc(N)n2n1. The highest BCUT2D eigenvalue weighted by atomic mass is 19.1. The van der Waals surface area contributed by atoms with Crippen molar-refractivity contribution in [3.05, 3.63) is 48.2 Å². The van der Waals surface area contributed by atoms with Crippen LogP contribution < -0.4 is 10.6 Å². The van der Waals surface area contributed by atoms with E-state index >= 15 is 0 Å². The Hall–Kier alpha value is -3.68. The van der Waals surface area contributed by atoms with Gasteiger partial charge in [-0.05, 0) is 17.7 Å². The maximum atomic E-state index is 14.7. The fourth-order valence-electron chi connectivity index (χ4n) is 4.32. The zero-order valence-corrected chi connectivity index (χ0v) is 19.9. The number of ether oxygens (including phenoxy) is 2. The third kappa shape index (κ3) is 4.72. The summed E-state index contributed by atoms with van der Waals surface area (Å²) in [6, 6.07) is 5.19. The number of piperazine rings is 1. The molecule has 0 unspecified atom stereocenters. The van der Waals surface area contributed by atoms with Gasteiger partial charge in [0, 0.05) is 39.8 Å². The molecule has 11 nitrogen and oxygen atoms in total. The number of hydrogen-bond acceptors (Lipinski definition) is 9. The summed E-state index contributed by atoms with van der Waals surface area (Å²) in [5, 5.41) is 9.06. The Balaban J connectivity index is 1.21. The molecule has 0 radical (unpaired) electrons. The third-order valence-electron chi connectivity index (χ3n) is 6.16. The van der Waals surface area contributed by atoms with Crippen molar-refractivity contribution in [3.63, 3.8) is 0 Å². The summed E-state index contributed by atoms with van der Waals surface area (Å²) >= 11 is 0. The fourth-order valence-corrected chi connectivity index (χ4v) is 4.32. The minimum atomic E-state index is -0.746. The van der Waals surface area contributed by atoms with Gasteiger partial charge in [-0.3, -0.25) is 4.90 Å². The molecule has 1 aliphatic rings. The van der Waals surface area contributed by atoms with E-state index in [9.17, 15) is 8.78 Å². The van der Waals surface area contributed by atoms with Crippen molar-refractivity contribution in [2.45, 2.75) is 13.2 Å². The summed E-state index contributed by atoms with van der Waals surface area (Å²) in [6.07, 6.45) is 1.63. The number of nitrogen functional groups attached to an aromatic ring is 1. The van der Waals surface area contributed by atoms with Crippen molar-refractivity contribution in [2.75, 3.05) is 57.3 Å². The molecule has 0 aliphatic carbocycles. The van der Waals surface area contributed by atoms with E-state index in [2.05, 4.69) is 36.5 Å². The van der Waals surface area contributed by atoms with Crippen LogP contribution in [0, 0.1) is 5.82 Å². The second-order valence-electron chi connectivity index (χ2n) is 8.52. The summed E-state index contributed by atoms with van der Waals surface area (Å²) in [7, 11) is 1.55. The van der Waals surface area contributed by atoms with Gasteiger partial charge < -0.3 is 20.1 Å².